The molecule has 2 aromatic heterocycles. The van der Waals surface area contributed by atoms with Crippen molar-refractivity contribution in [1.82, 2.24) is 25.2 Å². The van der Waals surface area contributed by atoms with Gasteiger partial charge in [0.1, 0.15) is 11.6 Å². The normalized spacial score (nSPS) is 18.7. The lowest BCUT2D eigenvalue weighted by Gasteiger charge is -2.35. The highest BCUT2D eigenvalue weighted by Crippen LogP contribution is 2.27. The van der Waals surface area contributed by atoms with E-state index in [1.807, 2.05) is 6.20 Å². The van der Waals surface area contributed by atoms with Crippen LogP contribution in [0.15, 0.2) is 48.8 Å². The molecule has 1 aromatic carbocycles. The number of carbonyl (C=O) groups excluding carboxylic acids is 1. The van der Waals surface area contributed by atoms with Gasteiger partial charge in [-0.2, -0.15) is 0 Å². The van der Waals surface area contributed by atoms with Crippen molar-refractivity contribution in [2.75, 3.05) is 19.6 Å². The molecule has 1 unspecified atom stereocenters. The Morgan fingerprint density at radius 2 is 1.94 bits per heavy atom. The fraction of sp³-hybridized carbons (Fsp3) is 0.448. The summed E-state index contributed by atoms with van der Waals surface area (Å²) in [5.41, 5.74) is 4.43. The van der Waals surface area contributed by atoms with E-state index < -0.39 is 0 Å². The van der Waals surface area contributed by atoms with Crippen LogP contribution in [-0.4, -0.2) is 51.4 Å². The smallest absolute Gasteiger partial charge is 0.253 e. The third kappa shape index (κ3) is 5.78. The summed E-state index contributed by atoms with van der Waals surface area (Å²) >= 11 is 0. The minimum atomic E-state index is -0.301. The molecule has 1 aliphatic heterocycles. The van der Waals surface area contributed by atoms with Crippen molar-refractivity contribution in [3.8, 4) is 11.3 Å². The van der Waals surface area contributed by atoms with Gasteiger partial charge in [0, 0.05) is 55.2 Å². The number of fused-ring (bicyclic) bond motifs is 1. The molecule has 36 heavy (non-hydrogen) atoms. The van der Waals surface area contributed by atoms with Crippen LogP contribution in [0.25, 0.3) is 11.3 Å². The Balaban J connectivity index is 1.09. The maximum absolute atomic E-state index is 13.5. The van der Waals surface area contributed by atoms with E-state index in [1.165, 1.54) is 29.8 Å². The summed E-state index contributed by atoms with van der Waals surface area (Å²) in [5.74, 6) is 1.56. The molecule has 1 fully saturated rings. The molecule has 1 saturated heterocycles. The Morgan fingerprint density at radius 3 is 2.67 bits per heavy atom. The topological polar surface area (TPSA) is 71.0 Å². The molecule has 1 aliphatic carbocycles. The lowest BCUT2D eigenvalue weighted by Crippen LogP contribution is -2.46. The molecule has 188 valence electrons. The average molecular weight is 488 g/mol. The molecule has 1 atom stereocenters. The van der Waals surface area contributed by atoms with E-state index >= 15 is 0 Å². The second kappa shape index (κ2) is 10.8. The van der Waals surface area contributed by atoms with E-state index in [-0.39, 0.29) is 17.8 Å². The Kier molecular flexibility index (Phi) is 7.37. The van der Waals surface area contributed by atoms with Crippen LogP contribution in [-0.2, 0) is 12.8 Å². The monoisotopic (exact) mass is 487 g/mol. The number of halogens is 1. The number of benzene rings is 1. The van der Waals surface area contributed by atoms with Crippen LogP contribution < -0.4 is 5.32 Å². The molecule has 6 nitrogen and oxygen atoms in total. The molecule has 0 saturated carbocycles. The Bertz CT molecular complexity index is 1200. The fourth-order valence-corrected chi connectivity index (χ4v) is 5.27. The quantitative estimate of drug-likeness (QED) is 0.541. The molecular weight excluding hydrogens is 453 g/mol. The second-order valence-electron chi connectivity index (χ2n) is 10.5. The van der Waals surface area contributed by atoms with Crippen LogP contribution in [0.5, 0.6) is 0 Å². The number of rotatable bonds is 6. The molecule has 7 heteroatoms. The van der Waals surface area contributed by atoms with E-state index in [9.17, 15) is 9.18 Å². The van der Waals surface area contributed by atoms with Gasteiger partial charge in [-0.25, -0.2) is 14.4 Å². The zero-order valence-corrected chi connectivity index (χ0v) is 21.1. The minimum absolute atomic E-state index is 0.101. The van der Waals surface area contributed by atoms with Gasteiger partial charge in [-0.15, -0.1) is 0 Å². The third-order valence-electron chi connectivity index (χ3n) is 7.37. The van der Waals surface area contributed by atoms with Gasteiger partial charge in [0.05, 0.1) is 11.3 Å². The summed E-state index contributed by atoms with van der Waals surface area (Å²) < 4.78 is 13.5. The number of hydrogen-bond donors (Lipinski definition) is 1. The summed E-state index contributed by atoms with van der Waals surface area (Å²) in [6.07, 6.45) is 8.79. The van der Waals surface area contributed by atoms with Crippen molar-refractivity contribution in [2.24, 2.45) is 5.92 Å². The Morgan fingerprint density at radius 1 is 1.11 bits per heavy atom. The molecule has 3 heterocycles. The first-order valence-corrected chi connectivity index (χ1v) is 13.0. The molecule has 2 aliphatic rings. The van der Waals surface area contributed by atoms with Gasteiger partial charge < -0.3 is 10.2 Å². The number of likely N-dealkylation sites (tertiary alicyclic amines) is 1. The summed E-state index contributed by atoms with van der Waals surface area (Å²) in [6, 6.07) is 10.0. The number of aryl methyl sites for hydroxylation is 1. The van der Waals surface area contributed by atoms with Crippen molar-refractivity contribution >= 4 is 5.91 Å². The van der Waals surface area contributed by atoms with E-state index in [2.05, 4.69) is 34.0 Å². The SMILES string of the molecule is CC(C)c1ncc2c(n1)CCC(CN1CCC(NC(=O)c3ccc(-c4cccc(F)c4)nc3)CC1)C2. The fourth-order valence-electron chi connectivity index (χ4n) is 5.27. The van der Waals surface area contributed by atoms with Crippen molar-refractivity contribution < 1.29 is 9.18 Å². The van der Waals surface area contributed by atoms with E-state index in [0.717, 1.165) is 51.1 Å². The summed E-state index contributed by atoms with van der Waals surface area (Å²) in [6.45, 7) is 7.36. The van der Waals surface area contributed by atoms with Crippen LogP contribution >= 0.6 is 0 Å². The van der Waals surface area contributed by atoms with Crippen molar-refractivity contribution in [2.45, 2.75) is 57.9 Å². The van der Waals surface area contributed by atoms with Gasteiger partial charge in [-0.05, 0) is 67.9 Å². The predicted octanol–water partition coefficient (Wildman–Crippen LogP) is 4.80. The van der Waals surface area contributed by atoms with Crippen molar-refractivity contribution in [3.63, 3.8) is 0 Å². The molecule has 3 aromatic rings. The first-order chi connectivity index (χ1) is 17.4. The number of pyridine rings is 1. The highest BCUT2D eigenvalue weighted by Gasteiger charge is 2.26. The van der Waals surface area contributed by atoms with Crippen LogP contribution in [0.3, 0.4) is 0 Å². The number of nitrogens with one attached hydrogen (secondary N) is 1. The largest absolute Gasteiger partial charge is 0.349 e. The number of piperidine rings is 1. The van der Waals surface area contributed by atoms with Gasteiger partial charge >= 0.3 is 0 Å². The van der Waals surface area contributed by atoms with Crippen LogP contribution in [0.4, 0.5) is 4.39 Å². The van der Waals surface area contributed by atoms with Gasteiger partial charge in [0.15, 0.2) is 0 Å². The number of aromatic nitrogens is 3. The number of hydrogen-bond acceptors (Lipinski definition) is 5. The Hall–Kier alpha value is -3.19. The molecular formula is C29H34FN5O. The Labute approximate surface area is 212 Å². The summed E-state index contributed by atoms with van der Waals surface area (Å²) in [4.78, 5) is 29.0. The summed E-state index contributed by atoms with van der Waals surface area (Å²) in [7, 11) is 0. The van der Waals surface area contributed by atoms with Gasteiger partial charge in [0.25, 0.3) is 5.91 Å². The van der Waals surface area contributed by atoms with Crippen molar-refractivity contribution in [3.05, 3.63) is 77.3 Å². The van der Waals surface area contributed by atoms with E-state index in [0.29, 0.717) is 28.7 Å². The van der Waals surface area contributed by atoms with Crippen LogP contribution in [0, 0.1) is 11.7 Å². The first kappa shape index (κ1) is 24.5. The predicted molar refractivity (Wildman–Crippen MR) is 138 cm³/mol. The lowest BCUT2D eigenvalue weighted by atomic mass is 9.86. The molecule has 0 spiro atoms. The van der Waals surface area contributed by atoms with Gasteiger partial charge in [-0.3, -0.25) is 9.78 Å². The third-order valence-corrected chi connectivity index (χ3v) is 7.37. The molecule has 1 amide bonds. The van der Waals surface area contributed by atoms with E-state index in [4.69, 9.17) is 4.98 Å². The molecule has 0 radical (unpaired) electrons. The maximum Gasteiger partial charge on any atom is 0.253 e. The maximum atomic E-state index is 13.5. The van der Waals surface area contributed by atoms with Gasteiger partial charge in [0.2, 0.25) is 0 Å². The van der Waals surface area contributed by atoms with Gasteiger partial charge in [-0.1, -0.05) is 26.0 Å². The number of carbonyl (C=O) groups is 1. The molecule has 5 rings (SSSR count). The zero-order valence-electron chi connectivity index (χ0n) is 21.1. The highest BCUT2D eigenvalue weighted by atomic mass is 19.1. The average Bonchev–Trinajstić information content (AvgIpc) is 2.89. The van der Waals surface area contributed by atoms with Crippen LogP contribution in [0.1, 0.15) is 66.5 Å². The van der Waals surface area contributed by atoms with Crippen molar-refractivity contribution in [1.29, 1.82) is 0 Å². The molecule has 1 N–H and O–H groups in total. The molecule has 0 bridgehead atoms. The first-order valence-electron chi connectivity index (χ1n) is 13.0. The lowest BCUT2D eigenvalue weighted by molar-refractivity contribution is 0.0903. The second-order valence-corrected chi connectivity index (χ2v) is 10.5. The number of amides is 1. The summed E-state index contributed by atoms with van der Waals surface area (Å²) in [5, 5.41) is 3.17. The zero-order chi connectivity index (χ0) is 25.1. The van der Waals surface area contributed by atoms with E-state index in [1.54, 1.807) is 30.5 Å². The minimum Gasteiger partial charge on any atom is -0.349 e. The standard InChI is InChI=1S/C29H34FN5O/c1-19(2)28-32-17-23-14-20(6-8-27(23)34-28)18-35-12-10-25(11-13-35)33-29(36)22-7-9-26(31-16-22)21-4-3-5-24(30)15-21/h3-5,7,9,15-17,19-20,25H,6,8,10-14,18H2,1-2H3,(H,33,36). The number of nitrogens with zero attached hydrogens (tertiary/aromatic N) is 4. The van der Waals surface area contributed by atoms with Crippen LogP contribution in [0.2, 0.25) is 0 Å². The highest BCUT2D eigenvalue weighted by molar-refractivity contribution is 5.94.